The molecule has 0 saturated carbocycles. The number of phosphoric ester groups is 1. The third-order valence-electron chi connectivity index (χ3n) is 9.61. The molecule has 0 aliphatic rings. The molecule has 0 fully saturated rings. The fourth-order valence-electron chi connectivity index (χ4n) is 6.04. The Morgan fingerprint density at radius 2 is 0.947 bits per heavy atom. The lowest BCUT2D eigenvalue weighted by molar-refractivity contribution is -0.161. The predicted molar refractivity (Wildman–Crippen MR) is 238 cm³/mol. The van der Waals surface area contributed by atoms with Gasteiger partial charge in [-0.2, -0.15) is 0 Å². The van der Waals surface area contributed by atoms with Crippen LogP contribution in [0.5, 0.6) is 0 Å². The Morgan fingerprint density at radius 3 is 1.39 bits per heavy atom. The van der Waals surface area contributed by atoms with Crippen molar-refractivity contribution in [1.82, 2.24) is 4.90 Å². The Labute approximate surface area is 350 Å². The maximum Gasteiger partial charge on any atom is 0.472 e. The number of unbranched alkanes of at least 4 members (excludes halogenated alkanes) is 20. The van der Waals surface area contributed by atoms with Crippen LogP contribution in [0.4, 0.5) is 0 Å². The predicted octanol–water partition coefficient (Wildman–Crippen LogP) is 13.3. The summed E-state index contributed by atoms with van der Waals surface area (Å²) in [5.41, 5.74) is 0. The minimum atomic E-state index is -4.37. The number of ether oxygens (including phenoxy) is 2. The fourth-order valence-corrected chi connectivity index (χ4v) is 6.78. The summed E-state index contributed by atoms with van der Waals surface area (Å²) >= 11 is 0. The van der Waals surface area contributed by atoms with Crippen molar-refractivity contribution in [1.29, 1.82) is 0 Å². The van der Waals surface area contributed by atoms with Gasteiger partial charge in [-0.3, -0.25) is 18.6 Å². The lowest BCUT2D eigenvalue weighted by atomic mass is 10.1. The van der Waals surface area contributed by atoms with Gasteiger partial charge in [0, 0.05) is 19.4 Å². The molecule has 0 saturated heterocycles. The fraction of sp³-hybridized carbons (Fsp3) is 0.787. The van der Waals surface area contributed by atoms with Crippen LogP contribution in [-0.2, 0) is 32.7 Å². The van der Waals surface area contributed by atoms with Crippen molar-refractivity contribution in [2.45, 2.75) is 200 Å². The van der Waals surface area contributed by atoms with Gasteiger partial charge in [0.1, 0.15) is 6.61 Å². The number of carbonyl (C=O) groups excluding carboxylic acids is 2. The minimum absolute atomic E-state index is 0.00307. The third-order valence-corrected chi connectivity index (χ3v) is 10.6. The summed E-state index contributed by atoms with van der Waals surface area (Å²) in [4.78, 5) is 37.1. The van der Waals surface area contributed by atoms with E-state index in [1.165, 1.54) is 89.9 Å². The summed E-state index contributed by atoms with van der Waals surface area (Å²) < 4.78 is 33.5. The van der Waals surface area contributed by atoms with E-state index in [-0.39, 0.29) is 32.0 Å². The molecule has 0 spiro atoms. The van der Waals surface area contributed by atoms with Crippen molar-refractivity contribution in [2.75, 3.05) is 40.5 Å². The second-order valence-electron chi connectivity index (χ2n) is 15.6. The van der Waals surface area contributed by atoms with Crippen molar-refractivity contribution >= 4 is 19.8 Å². The number of allylic oxidation sites excluding steroid dienone is 8. The standard InChI is InChI=1S/C47H86NO8P/c1-5-7-9-11-13-15-17-19-21-23-25-27-29-31-33-35-37-39-46(49)53-43-45(44-55-57(51,52)54-42-41-48(3)4)56-47(50)40-38-36-34-32-30-28-26-24-22-20-18-16-14-12-10-8-6-2/h13-16,19-22,45H,5-12,17-18,23-44H2,1-4H3,(H,51,52)/b15-13-,16-14-,21-19-,22-20-. The second-order valence-corrected chi connectivity index (χ2v) is 17.0. The molecule has 2 atom stereocenters. The molecule has 1 N–H and O–H groups in total. The van der Waals surface area contributed by atoms with E-state index in [0.717, 1.165) is 70.6 Å². The summed E-state index contributed by atoms with van der Waals surface area (Å²) in [7, 11) is -0.722. The molecule has 0 heterocycles. The van der Waals surface area contributed by atoms with Gasteiger partial charge in [0.05, 0.1) is 13.2 Å². The normalized spacial score (nSPS) is 13.8. The van der Waals surface area contributed by atoms with Gasteiger partial charge in [0.25, 0.3) is 0 Å². The molecule has 10 heteroatoms. The third kappa shape index (κ3) is 43.4. The summed E-state index contributed by atoms with van der Waals surface area (Å²) in [5.74, 6) is -0.820. The van der Waals surface area contributed by atoms with Gasteiger partial charge in [-0.05, 0) is 91.1 Å². The molecule has 9 nitrogen and oxygen atoms in total. The monoisotopic (exact) mass is 824 g/mol. The van der Waals surface area contributed by atoms with E-state index in [4.69, 9.17) is 18.5 Å². The van der Waals surface area contributed by atoms with E-state index >= 15 is 0 Å². The lowest BCUT2D eigenvalue weighted by Gasteiger charge is -2.20. The summed E-state index contributed by atoms with van der Waals surface area (Å²) in [5, 5.41) is 0. The molecule has 332 valence electrons. The zero-order valence-electron chi connectivity index (χ0n) is 37.0. The average Bonchev–Trinajstić information content (AvgIpc) is 3.18. The SMILES string of the molecule is CCCCC/C=C\C/C=C\CCCCCCCCCC(=O)OCC(COP(=O)(O)OCCN(C)C)OC(=O)CCCCCCCCC/C=C\C/C=C\CCCCC. The number of phosphoric acid groups is 1. The molecule has 0 aliphatic heterocycles. The van der Waals surface area contributed by atoms with Crippen LogP contribution in [-0.4, -0.2) is 68.3 Å². The van der Waals surface area contributed by atoms with Crippen LogP contribution in [0.1, 0.15) is 194 Å². The van der Waals surface area contributed by atoms with E-state index in [2.05, 4.69) is 62.5 Å². The lowest BCUT2D eigenvalue weighted by Crippen LogP contribution is -2.29. The summed E-state index contributed by atoms with van der Waals surface area (Å²) in [6.45, 7) is 4.26. The molecule has 0 aromatic carbocycles. The zero-order chi connectivity index (χ0) is 41.9. The topological polar surface area (TPSA) is 112 Å². The van der Waals surface area contributed by atoms with Gasteiger partial charge < -0.3 is 19.3 Å². The van der Waals surface area contributed by atoms with Crippen LogP contribution in [0.2, 0.25) is 0 Å². The summed E-state index contributed by atoms with van der Waals surface area (Å²) in [6, 6.07) is 0. The smallest absolute Gasteiger partial charge is 0.462 e. The number of carbonyl (C=O) groups is 2. The van der Waals surface area contributed by atoms with E-state index in [1.54, 1.807) is 0 Å². The van der Waals surface area contributed by atoms with Crippen LogP contribution in [0.25, 0.3) is 0 Å². The highest BCUT2D eigenvalue weighted by Gasteiger charge is 2.26. The van der Waals surface area contributed by atoms with Gasteiger partial charge in [-0.1, -0.05) is 152 Å². The van der Waals surface area contributed by atoms with Gasteiger partial charge >= 0.3 is 19.8 Å². The molecule has 2 unspecified atom stereocenters. The highest BCUT2D eigenvalue weighted by atomic mass is 31.2. The molecule has 0 aromatic heterocycles. The Kier molecular flexibility index (Phi) is 40.6. The van der Waals surface area contributed by atoms with Gasteiger partial charge in [-0.15, -0.1) is 0 Å². The van der Waals surface area contributed by atoms with E-state index in [1.807, 2.05) is 19.0 Å². The molecule has 57 heavy (non-hydrogen) atoms. The average molecular weight is 824 g/mol. The molecular formula is C47H86NO8P. The maximum atomic E-state index is 12.7. The Bertz CT molecular complexity index is 1090. The highest BCUT2D eigenvalue weighted by Crippen LogP contribution is 2.43. The van der Waals surface area contributed by atoms with E-state index in [9.17, 15) is 19.0 Å². The Balaban J connectivity index is 4.29. The molecular weight excluding hydrogens is 737 g/mol. The molecule has 0 bridgehead atoms. The first kappa shape index (κ1) is 55.0. The van der Waals surface area contributed by atoms with Gasteiger partial charge in [0.15, 0.2) is 6.10 Å². The highest BCUT2D eigenvalue weighted by molar-refractivity contribution is 7.47. The Morgan fingerprint density at radius 1 is 0.544 bits per heavy atom. The van der Waals surface area contributed by atoms with E-state index in [0.29, 0.717) is 13.0 Å². The number of hydrogen-bond donors (Lipinski definition) is 1. The van der Waals surface area contributed by atoms with Crippen LogP contribution in [0.3, 0.4) is 0 Å². The molecule has 0 radical (unpaired) electrons. The molecule has 0 rings (SSSR count). The maximum absolute atomic E-state index is 12.7. The number of hydrogen-bond acceptors (Lipinski definition) is 8. The Hall–Kier alpha value is -2.03. The van der Waals surface area contributed by atoms with Crippen molar-refractivity contribution in [3.63, 3.8) is 0 Å². The summed E-state index contributed by atoms with van der Waals surface area (Å²) in [6.07, 6.45) is 47.2. The number of esters is 2. The molecule has 0 aliphatic carbocycles. The van der Waals surface area contributed by atoms with Crippen molar-refractivity contribution < 1.29 is 37.6 Å². The quantitative estimate of drug-likeness (QED) is 0.0278. The first-order chi connectivity index (χ1) is 27.7. The first-order valence-electron chi connectivity index (χ1n) is 22.9. The van der Waals surface area contributed by atoms with Crippen LogP contribution < -0.4 is 0 Å². The molecule has 0 aromatic rings. The number of rotatable bonds is 42. The van der Waals surface area contributed by atoms with Gasteiger partial charge in [0.2, 0.25) is 0 Å². The number of nitrogens with zero attached hydrogens (tertiary/aromatic N) is 1. The number of likely N-dealkylation sites (N-methyl/N-ethyl adjacent to an activating group) is 1. The van der Waals surface area contributed by atoms with Crippen LogP contribution in [0.15, 0.2) is 48.6 Å². The van der Waals surface area contributed by atoms with E-state index < -0.39 is 26.5 Å². The van der Waals surface area contributed by atoms with Crippen LogP contribution >= 0.6 is 7.82 Å². The second kappa shape index (κ2) is 42.1. The zero-order valence-corrected chi connectivity index (χ0v) is 37.9. The van der Waals surface area contributed by atoms with Crippen molar-refractivity contribution in [3.8, 4) is 0 Å². The largest absolute Gasteiger partial charge is 0.472 e. The molecule has 0 amide bonds. The van der Waals surface area contributed by atoms with Crippen molar-refractivity contribution in [3.05, 3.63) is 48.6 Å². The van der Waals surface area contributed by atoms with Crippen LogP contribution in [0, 0.1) is 0 Å². The van der Waals surface area contributed by atoms with Crippen molar-refractivity contribution in [2.24, 2.45) is 0 Å². The minimum Gasteiger partial charge on any atom is -0.462 e. The van der Waals surface area contributed by atoms with Gasteiger partial charge in [-0.25, -0.2) is 4.57 Å². The first-order valence-corrected chi connectivity index (χ1v) is 24.4.